The number of fused-ring (bicyclic) bond motifs is 1. The number of aromatic amines is 1. The van der Waals surface area contributed by atoms with Crippen LogP contribution in [0.1, 0.15) is 11.5 Å². The number of pyridine rings is 1. The Morgan fingerprint density at radius 3 is 2.62 bits per heavy atom. The first-order valence-corrected chi connectivity index (χ1v) is 7.74. The zero-order chi connectivity index (χ0) is 18.5. The van der Waals surface area contributed by atoms with Gasteiger partial charge in [-0.2, -0.15) is 13.2 Å². The van der Waals surface area contributed by atoms with Gasteiger partial charge in [0.1, 0.15) is 5.52 Å². The molecule has 0 aliphatic carbocycles. The highest BCUT2D eigenvalue weighted by atomic mass is 19.4. The van der Waals surface area contributed by atoms with Crippen LogP contribution in [0.5, 0.6) is 0 Å². The van der Waals surface area contributed by atoms with E-state index in [4.69, 9.17) is 0 Å². The van der Waals surface area contributed by atoms with Gasteiger partial charge in [-0.3, -0.25) is 4.98 Å². The molecule has 3 aromatic heterocycles. The molecule has 0 aliphatic heterocycles. The van der Waals surface area contributed by atoms with Crippen LogP contribution in [0.3, 0.4) is 0 Å². The maximum atomic E-state index is 13.2. The van der Waals surface area contributed by atoms with Crippen LogP contribution >= 0.6 is 0 Å². The predicted octanol–water partition coefficient (Wildman–Crippen LogP) is 3.75. The van der Waals surface area contributed by atoms with E-state index in [9.17, 15) is 13.2 Å². The summed E-state index contributed by atoms with van der Waals surface area (Å²) in [6.45, 7) is 1.78. The van der Waals surface area contributed by atoms with Crippen molar-refractivity contribution in [3.63, 3.8) is 0 Å². The van der Waals surface area contributed by atoms with Crippen LogP contribution in [-0.2, 0) is 13.2 Å². The fourth-order valence-corrected chi connectivity index (χ4v) is 2.76. The first-order valence-electron chi connectivity index (χ1n) is 7.74. The Hall–Kier alpha value is -3.23. The van der Waals surface area contributed by atoms with E-state index in [-0.39, 0.29) is 11.4 Å². The summed E-state index contributed by atoms with van der Waals surface area (Å²) in [5.74, 6) is -1.06. The zero-order valence-electron chi connectivity index (χ0n) is 13.8. The number of imidazole rings is 1. The average Bonchev–Trinajstić information content (AvgIpc) is 3.19. The van der Waals surface area contributed by atoms with Gasteiger partial charge in [-0.05, 0) is 31.2 Å². The van der Waals surface area contributed by atoms with Crippen LogP contribution in [-0.4, -0.2) is 29.9 Å². The van der Waals surface area contributed by atoms with Gasteiger partial charge in [0.05, 0.1) is 22.6 Å². The molecule has 6 nitrogen and oxygen atoms in total. The average molecular weight is 358 g/mol. The molecule has 132 valence electrons. The van der Waals surface area contributed by atoms with Gasteiger partial charge in [0.2, 0.25) is 5.82 Å². The largest absolute Gasteiger partial charge is 0.449 e. The van der Waals surface area contributed by atoms with Gasteiger partial charge in [0.15, 0.2) is 0 Å². The number of aryl methyl sites for hydroxylation is 2. The van der Waals surface area contributed by atoms with Crippen LogP contribution in [0, 0.1) is 6.92 Å². The lowest BCUT2D eigenvalue weighted by atomic mass is 10.1. The molecule has 0 saturated carbocycles. The second-order valence-corrected chi connectivity index (χ2v) is 5.89. The smallest absolute Gasteiger partial charge is 0.333 e. The molecule has 0 fully saturated rings. The summed E-state index contributed by atoms with van der Waals surface area (Å²) in [7, 11) is 1.72. The lowest BCUT2D eigenvalue weighted by Gasteiger charge is -2.04. The minimum absolute atomic E-state index is 0.179. The molecule has 1 N–H and O–H groups in total. The van der Waals surface area contributed by atoms with Crippen LogP contribution in [0.15, 0.2) is 36.4 Å². The van der Waals surface area contributed by atoms with Crippen molar-refractivity contribution in [2.24, 2.45) is 7.05 Å². The molecule has 3 heterocycles. The zero-order valence-corrected chi connectivity index (χ0v) is 13.8. The fourth-order valence-electron chi connectivity index (χ4n) is 2.76. The summed E-state index contributed by atoms with van der Waals surface area (Å²) in [6.07, 6.45) is -4.59. The Morgan fingerprint density at radius 2 is 1.88 bits per heavy atom. The van der Waals surface area contributed by atoms with Gasteiger partial charge in [-0.15, -0.1) is 5.10 Å². The van der Waals surface area contributed by atoms with E-state index in [2.05, 4.69) is 25.3 Å². The first-order chi connectivity index (χ1) is 12.3. The van der Waals surface area contributed by atoms with E-state index in [0.29, 0.717) is 28.0 Å². The Kier molecular flexibility index (Phi) is 3.53. The first kappa shape index (κ1) is 16.2. The monoisotopic (exact) mass is 358 g/mol. The molecule has 4 rings (SSSR count). The number of hydrogen-bond acceptors (Lipinski definition) is 4. The predicted molar refractivity (Wildman–Crippen MR) is 89.1 cm³/mol. The van der Waals surface area contributed by atoms with Crippen LogP contribution in [0.25, 0.3) is 33.7 Å². The van der Waals surface area contributed by atoms with Crippen molar-refractivity contribution >= 4 is 11.0 Å². The van der Waals surface area contributed by atoms with Crippen molar-refractivity contribution in [3.05, 3.63) is 47.9 Å². The van der Waals surface area contributed by atoms with E-state index >= 15 is 0 Å². The van der Waals surface area contributed by atoms with E-state index in [1.165, 1.54) is 0 Å². The summed E-state index contributed by atoms with van der Waals surface area (Å²) in [5, 5.41) is 7.90. The Labute approximate surface area is 145 Å². The third-order valence-corrected chi connectivity index (χ3v) is 4.00. The highest BCUT2D eigenvalue weighted by molar-refractivity contribution is 5.84. The molecule has 9 heteroatoms. The van der Waals surface area contributed by atoms with E-state index in [1.807, 2.05) is 0 Å². The third-order valence-electron chi connectivity index (χ3n) is 4.00. The molecule has 4 aromatic rings. The quantitative estimate of drug-likeness (QED) is 0.592. The Balaban J connectivity index is 1.96. The molecule has 0 aliphatic rings. The Bertz CT molecular complexity index is 1110. The van der Waals surface area contributed by atoms with Gasteiger partial charge >= 0.3 is 6.18 Å². The maximum absolute atomic E-state index is 13.2. The fraction of sp³-hybridized carbons (Fsp3) is 0.176. The maximum Gasteiger partial charge on any atom is 0.449 e. The number of hydrogen-bond donors (Lipinski definition) is 1. The van der Waals surface area contributed by atoms with Crippen molar-refractivity contribution in [2.75, 3.05) is 0 Å². The molecule has 0 atom stereocenters. The van der Waals surface area contributed by atoms with Crippen LogP contribution in [0.4, 0.5) is 13.2 Å². The summed E-state index contributed by atoms with van der Waals surface area (Å²) in [6, 6.07) is 10.3. The number of nitrogens with zero attached hydrogens (tertiary/aromatic N) is 5. The molecular weight excluding hydrogens is 345 g/mol. The lowest BCUT2D eigenvalue weighted by molar-refractivity contribution is -0.144. The summed E-state index contributed by atoms with van der Waals surface area (Å²) >= 11 is 0. The molecule has 26 heavy (non-hydrogen) atoms. The second-order valence-electron chi connectivity index (χ2n) is 5.89. The summed E-state index contributed by atoms with van der Waals surface area (Å²) in [4.78, 5) is 10.5. The van der Waals surface area contributed by atoms with Crippen molar-refractivity contribution in [3.8, 4) is 22.6 Å². The van der Waals surface area contributed by atoms with Crippen molar-refractivity contribution in [1.29, 1.82) is 0 Å². The molecule has 0 bridgehead atoms. The standard InChI is InChI=1S/C17H13F3N6/c1-9-4-3-5-12(21-9)15-14(22-16(23-15)17(18,19)20)10-6-7-11-13(8-10)26(2)25-24-11/h3-8H,1-2H3,(H,22,23). The highest BCUT2D eigenvalue weighted by Gasteiger charge is 2.36. The second kappa shape index (κ2) is 5.65. The number of aromatic nitrogens is 6. The van der Waals surface area contributed by atoms with Gasteiger partial charge in [0, 0.05) is 18.3 Å². The van der Waals surface area contributed by atoms with E-state index < -0.39 is 12.0 Å². The summed E-state index contributed by atoms with van der Waals surface area (Å²) in [5.41, 5.74) is 3.36. The van der Waals surface area contributed by atoms with Crippen LogP contribution < -0.4 is 0 Å². The molecule has 0 saturated heterocycles. The number of halogens is 3. The van der Waals surface area contributed by atoms with Crippen LogP contribution in [0.2, 0.25) is 0 Å². The van der Waals surface area contributed by atoms with Crippen molar-refractivity contribution in [2.45, 2.75) is 13.1 Å². The van der Waals surface area contributed by atoms with Crippen molar-refractivity contribution < 1.29 is 13.2 Å². The summed E-state index contributed by atoms with van der Waals surface area (Å²) < 4.78 is 41.2. The minimum atomic E-state index is -4.59. The molecule has 0 amide bonds. The molecular formula is C17H13F3N6. The van der Waals surface area contributed by atoms with Crippen molar-refractivity contribution in [1.82, 2.24) is 29.9 Å². The molecule has 0 unspecified atom stereocenters. The lowest BCUT2D eigenvalue weighted by Crippen LogP contribution is -2.07. The topological polar surface area (TPSA) is 72.3 Å². The normalized spacial score (nSPS) is 12.0. The van der Waals surface area contributed by atoms with Gasteiger partial charge in [-0.1, -0.05) is 17.3 Å². The highest BCUT2D eigenvalue weighted by Crippen LogP contribution is 2.35. The van der Waals surface area contributed by atoms with Gasteiger partial charge < -0.3 is 4.98 Å². The van der Waals surface area contributed by atoms with Gasteiger partial charge in [-0.25, -0.2) is 9.67 Å². The van der Waals surface area contributed by atoms with E-state index in [1.54, 1.807) is 55.1 Å². The number of H-pyrrole nitrogens is 1. The Morgan fingerprint density at radius 1 is 1.08 bits per heavy atom. The number of rotatable bonds is 2. The number of benzene rings is 1. The van der Waals surface area contributed by atoms with E-state index in [0.717, 1.165) is 0 Å². The molecule has 0 radical (unpaired) electrons. The molecule has 1 aromatic carbocycles. The number of alkyl halides is 3. The third kappa shape index (κ3) is 2.71. The van der Waals surface area contributed by atoms with Gasteiger partial charge in [0.25, 0.3) is 0 Å². The SMILES string of the molecule is Cc1cccc(-c2[nH]c(C(F)(F)F)nc2-c2ccc3nnn(C)c3c2)n1. The minimum Gasteiger partial charge on any atom is -0.333 e. The number of nitrogens with one attached hydrogen (secondary N) is 1. The molecule has 0 spiro atoms.